The maximum atomic E-state index is 11.6. The average molecular weight is 458 g/mol. The third-order valence-electron chi connectivity index (χ3n) is 5.67. The van der Waals surface area contributed by atoms with E-state index in [9.17, 15) is 9.90 Å². The summed E-state index contributed by atoms with van der Waals surface area (Å²) in [6.45, 7) is 1.37. The van der Waals surface area contributed by atoms with Gasteiger partial charge >= 0.3 is 0 Å². The van der Waals surface area contributed by atoms with E-state index in [0.717, 1.165) is 10.4 Å². The average Bonchev–Trinajstić information content (AvgIpc) is 3.49. The van der Waals surface area contributed by atoms with Gasteiger partial charge < -0.3 is 15.3 Å². The largest absolute Gasteiger partial charge is 0.492 e. The second-order valence-electron chi connectivity index (χ2n) is 7.56. The standard InChI is InChI=1S/C21H20ClN5O3S/c22-14-5-3-12(4-6-14)16(26-9-7-13(8-10-26)18(23)28)17-20(29)27-21(31-17)24-19(25-27)15-2-1-11-30-15/h1-6,11,13,16,29H,7-10H2,(H2,23,28). The summed E-state index contributed by atoms with van der Waals surface area (Å²) in [6.07, 6.45) is 2.93. The summed E-state index contributed by atoms with van der Waals surface area (Å²) in [5, 5.41) is 16.1. The molecular weight excluding hydrogens is 438 g/mol. The predicted octanol–water partition coefficient (Wildman–Crippen LogP) is 3.70. The lowest BCUT2D eigenvalue weighted by Gasteiger charge is -2.36. The lowest BCUT2D eigenvalue weighted by molar-refractivity contribution is -0.123. The molecule has 3 aromatic heterocycles. The van der Waals surface area contributed by atoms with Crippen LogP contribution in [0.4, 0.5) is 0 Å². The van der Waals surface area contributed by atoms with Gasteiger partial charge in [0.15, 0.2) is 5.76 Å². The third kappa shape index (κ3) is 3.69. The number of hydrogen-bond donors (Lipinski definition) is 2. The maximum Gasteiger partial charge on any atom is 0.230 e. The smallest absolute Gasteiger partial charge is 0.230 e. The Hall–Kier alpha value is -2.88. The minimum Gasteiger partial charge on any atom is -0.492 e. The highest BCUT2D eigenvalue weighted by molar-refractivity contribution is 7.17. The van der Waals surface area contributed by atoms with Crippen LogP contribution in [0.3, 0.4) is 0 Å². The van der Waals surface area contributed by atoms with Crippen molar-refractivity contribution in [3.63, 3.8) is 0 Å². The number of fused-ring (bicyclic) bond motifs is 1. The fraction of sp³-hybridized carbons (Fsp3) is 0.286. The molecule has 1 atom stereocenters. The maximum absolute atomic E-state index is 11.6. The Labute approximate surface area is 186 Å². The number of primary amides is 1. The molecule has 5 rings (SSSR count). The number of hydrogen-bond acceptors (Lipinski definition) is 7. The molecule has 0 spiro atoms. The minimum atomic E-state index is -0.255. The van der Waals surface area contributed by atoms with Gasteiger partial charge in [-0.1, -0.05) is 35.1 Å². The van der Waals surface area contributed by atoms with Crippen molar-refractivity contribution in [1.82, 2.24) is 19.5 Å². The summed E-state index contributed by atoms with van der Waals surface area (Å²) >= 11 is 7.48. The minimum absolute atomic E-state index is 0.0438. The van der Waals surface area contributed by atoms with Crippen LogP contribution in [0.25, 0.3) is 16.5 Å². The Morgan fingerprint density at radius 2 is 2.00 bits per heavy atom. The predicted molar refractivity (Wildman–Crippen MR) is 117 cm³/mol. The van der Waals surface area contributed by atoms with E-state index in [-0.39, 0.29) is 23.7 Å². The van der Waals surface area contributed by atoms with E-state index >= 15 is 0 Å². The lowest BCUT2D eigenvalue weighted by atomic mass is 9.93. The van der Waals surface area contributed by atoms with Crippen LogP contribution in [0.1, 0.15) is 29.3 Å². The van der Waals surface area contributed by atoms with Gasteiger partial charge in [-0.15, -0.1) is 5.10 Å². The Morgan fingerprint density at radius 3 is 2.61 bits per heavy atom. The van der Waals surface area contributed by atoms with Gasteiger partial charge in [-0.05, 0) is 55.8 Å². The highest BCUT2D eigenvalue weighted by Crippen LogP contribution is 2.42. The van der Waals surface area contributed by atoms with Crippen molar-refractivity contribution in [3.8, 4) is 17.5 Å². The first kappa shape index (κ1) is 20.0. The van der Waals surface area contributed by atoms with Gasteiger partial charge in [0.2, 0.25) is 22.6 Å². The molecule has 8 nitrogen and oxygen atoms in total. The molecule has 160 valence electrons. The van der Waals surface area contributed by atoms with Crippen molar-refractivity contribution >= 4 is 33.8 Å². The summed E-state index contributed by atoms with van der Waals surface area (Å²) in [5.41, 5.74) is 6.50. The van der Waals surface area contributed by atoms with Crippen LogP contribution >= 0.6 is 22.9 Å². The number of rotatable bonds is 5. The van der Waals surface area contributed by atoms with Crippen molar-refractivity contribution in [2.75, 3.05) is 13.1 Å². The first-order chi connectivity index (χ1) is 15.0. The molecule has 31 heavy (non-hydrogen) atoms. The molecule has 4 aromatic rings. The number of likely N-dealkylation sites (tertiary alicyclic amines) is 1. The summed E-state index contributed by atoms with van der Waals surface area (Å²) in [5.74, 6) is 0.633. The third-order valence-corrected chi connectivity index (χ3v) is 7.00. The molecule has 1 saturated heterocycles. The summed E-state index contributed by atoms with van der Waals surface area (Å²) < 4.78 is 6.81. The summed E-state index contributed by atoms with van der Waals surface area (Å²) in [7, 11) is 0. The van der Waals surface area contributed by atoms with Crippen molar-refractivity contribution < 1.29 is 14.3 Å². The van der Waals surface area contributed by atoms with E-state index in [1.165, 1.54) is 15.9 Å². The van der Waals surface area contributed by atoms with Crippen molar-refractivity contribution in [2.24, 2.45) is 11.7 Å². The quantitative estimate of drug-likeness (QED) is 0.473. The zero-order valence-corrected chi connectivity index (χ0v) is 18.0. The molecule has 1 aliphatic heterocycles. The Kier molecular flexibility index (Phi) is 5.17. The number of nitrogens with zero attached hydrogens (tertiary/aromatic N) is 4. The van der Waals surface area contributed by atoms with Gasteiger partial charge in [-0.3, -0.25) is 9.69 Å². The molecule has 1 aromatic carbocycles. The van der Waals surface area contributed by atoms with E-state index < -0.39 is 0 Å². The first-order valence-corrected chi connectivity index (χ1v) is 11.1. The molecule has 3 N–H and O–H groups in total. The second-order valence-corrected chi connectivity index (χ2v) is 9.01. The Balaban J connectivity index is 1.54. The number of halogens is 1. The van der Waals surface area contributed by atoms with Crippen LogP contribution < -0.4 is 5.73 Å². The van der Waals surface area contributed by atoms with Crippen molar-refractivity contribution in [1.29, 1.82) is 0 Å². The zero-order chi connectivity index (χ0) is 21.5. The molecule has 1 fully saturated rings. The Morgan fingerprint density at radius 1 is 1.26 bits per heavy atom. The number of furan rings is 1. The van der Waals surface area contributed by atoms with E-state index in [0.29, 0.717) is 47.5 Å². The van der Waals surface area contributed by atoms with Gasteiger partial charge in [0.1, 0.15) is 0 Å². The molecular formula is C21H20ClN5O3S. The summed E-state index contributed by atoms with van der Waals surface area (Å²) in [6, 6.07) is 10.9. The lowest BCUT2D eigenvalue weighted by Crippen LogP contribution is -2.40. The molecule has 0 radical (unpaired) electrons. The Bertz CT molecular complexity index is 1210. The number of aromatic hydroxyl groups is 1. The molecule has 0 saturated carbocycles. The van der Waals surface area contributed by atoms with E-state index in [2.05, 4.69) is 15.0 Å². The molecule has 0 bridgehead atoms. The monoisotopic (exact) mass is 457 g/mol. The van der Waals surface area contributed by atoms with Crippen LogP contribution in [0.15, 0.2) is 47.1 Å². The highest BCUT2D eigenvalue weighted by atomic mass is 35.5. The molecule has 10 heteroatoms. The van der Waals surface area contributed by atoms with Crippen LogP contribution in [-0.4, -0.2) is 43.6 Å². The SMILES string of the molecule is NC(=O)C1CCN(C(c2ccc(Cl)cc2)c2sc3nc(-c4ccco4)nn3c2O)CC1. The molecule has 1 unspecified atom stereocenters. The molecule has 4 heterocycles. The van der Waals surface area contributed by atoms with Crippen LogP contribution in [0.2, 0.25) is 5.02 Å². The first-order valence-electron chi connectivity index (χ1n) is 9.92. The topological polar surface area (TPSA) is 110 Å². The van der Waals surface area contributed by atoms with E-state index in [1.54, 1.807) is 18.4 Å². The van der Waals surface area contributed by atoms with Gasteiger partial charge in [-0.25, -0.2) is 0 Å². The van der Waals surface area contributed by atoms with Crippen LogP contribution in [-0.2, 0) is 4.79 Å². The number of carbonyl (C=O) groups excluding carboxylic acids is 1. The van der Waals surface area contributed by atoms with Gasteiger partial charge in [0.25, 0.3) is 0 Å². The number of thiazole rings is 1. The normalized spacial score (nSPS) is 16.7. The summed E-state index contributed by atoms with van der Waals surface area (Å²) in [4.78, 5) is 19.7. The number of piperidine rings is 1. The van der Waals surface area contributed by atoms with Crippen molar-refractivity contribution in [3.05, 3.63) is 58.1 Å². The van der Waals surface area contributed by atoms with Crippen LogP contribution in [0, 0.1) is 5.92 Å². The number of benzene rings is 1. The van der Waals surface area contributed by atoms with Gasteiger partial charge in [-0.2, -0.15) is 9.50 Å². The number of aromatic nitrogens is 3. The fourth-order valence-electron chi connectivity index (χ4n) is 4.05. The van der Waals surface area contributed by atoms with E-state index in [4.69, 9.17) is 21.8 Å². The number of carbonyl (C=O) groups is 1. The van der Waals surface area contributed by atoms with Gasteiger partial charge in [0, 0.05) is 10.9 Å². The van der Waals surface area contributed by atoms with Crippen molar-refractivity contribution in [2.45, 2.75) is 18.9 Å². The zero-order valence-electron chi connectivity index (χ0n) is 16.4. The van der Waals surface area contributed by atoms with E-state index in [1.807, 2.05) is 24.3 Å². The fourth-order valence-corrected chi connectivity index (χ4v) is 5.30. The van der Waals surface area contributed by atoms with Crippen LogP contribution in [0.5, 0.6) is 5.88 Å². The molecule has 1 amide bonds. The number of amides is 1. The number of nitrogens with two attached hydrogens (primary N) is 1. The van der Waals surface area contributed by atoms with Gasteiger partial charge in [0.05, 0.1) is 17.2 Å². The molecule has 0 aliphatic carbocycles. The molecule has 1 aliphatic rings. The second kappa shape index (κ2) is 7.99. The highest BCUT2D eigenvalue weighted by Gasteiger charge is 2.33.